The van der Waals surface area contributed by atoms with Crippen LogP contribution in [0.3, 0.4) is 0 Å². The Bertz CT molecular complexity index is 579. The molecule has 0 spiro atoms. The summed E-state index contributed by atoms with van der Waals surface area (Å²) < 4.78 is 5.70. The largest absolute Gasteiger partial charge is 0.488 e. The number of carbonyl (C=O) groups is 1. The van der Waals surface area contributed by atoms with Crippen LogP contribution in [0.25, 0.3) is 0 Å². The first-order valence-corrected chi connectivity index (χ1v) is 6.37. The van der Waals surface area contributed by atoms with Crippen molar-refractivity contribution in [2.45, 2.75) is 13.2 Å². The van der Waals surface area contributed by atoms with Gasteiger partial charge in [0, 0.05) is 7.05 Å². The molecular weight excluding hydrogens is 254 g/mol. The molecule has 0 bridgehead atoms. The van der Waals surface area contributed by atoms with E-state index in [9.17, 15) is 4.79 Å². The molecule has 2 rings (SSSR count). The van der Waals surface area contributed by atoms with E-state index < -0.39 is 0 Å². The second-order valence-corrected chi connectivity index (χ2v) is 4.34. The molecule has 0 atom stereocenters. The van der Waals surface area contributed by atoms with Gasteiger partial charge in [0.05, 0.1) is 12.2 Å². The van der Waals surface area contributed by atoms with Gasteiger partial charge in [0.1, 0.15) is 12.4 Å². The van der Waals surface area contributed by atoms with Gasteiger partial charge in [0.15, 0.2) is 0 Å². The average Bonchev–Trinajstić information content (AvgIpc) is 2.53. The van der Waals surface area contributed by atoms with Crippen molar-refractivity contribution in [3.8, 4) is 5.75 Å². The summed E-state index contributed by atoms with van der Waals surface area (Å²) in [5.74, 6) is 0.384. The van der Waals surface area contributed by atoms with E-state index in [4.69, 9.17) is 9.84 Å². The number of hydrogen-bond donors (Lipinski definition) is 2. The molecule has 0 saturated heterocycles. The lowest BCUT2D eigenvalue weighted by Crippen LogP contribution is -2.18. The first-order valence-electron chi connectivity index (χ1n) is 6.37. The van der Waals surface area contributed by atoms with Gasteiger partial charge in [-0.2, -0.15) is 0 Å². The topological polar surface area (TPSA) is 58.6 Å². The third kappa shape index (κ3) is 3.36. The minimum Gasteiger partial charge on any atom is -0.488 e. The highest BCUT2D eigenvalue weighted by molar-refractivity contribution is 5.96. The standard InChI is InChI=1S/C16H17NO3/c1-17-16(19)14-4-2-3-5-15(14)20-11-13-8-6-12(10-18)7-9-13/h2-9,18H,10-11H2,1H3,(H,17,19). The summed E-state index contributed by atoms with van der Waals surface area (Å²) >= 11 is 0. The molecule has 0 heterocycles. The zero-order valence-electron chi connectivity index (χ0n) is 11.3. The molecule has 0 radical (unpaired) electrons. The Morgan fingerprint density at radius 2 is 1.75 bits per heavy atom. The molecular formula is C16H17NO3. The normalized spacial score (nSPS) is 10.1. The number of benzene rings is 2. The van der Waals surface area contributed by atoms with Crippen LogP contribution in [0, 0.1) is 0 Å². The predicted octanol–water partition coefficient (Wildman–Crippen LogP) is 2.12. The fraction of sp³-hybridized carbons (Fsp3) is 0.188. The van der Waals surface area contributed by atoms with Crippen LogP contribution in [-0.4, -0.2) is 18.1 Å². The van der Waals surface area contributed by atoms with Crippen molar-refractivity contribution < 1.29 is 14.6 Å². The van der Waals surface area contributed by atoms with Crippen LogP contribution in [0.1, 0.15) is 21.5 Å². The van der Waals surface area contributed by atoms with Crippen molar-refractivity contribution in [2.24, 2.45) is 0 Å². The molecule has 0 saturated carbocycles. The summed E-state index contributed by atoms with van der Waals surface area (Å²) in [7, 11) is 1.59. The zero-order valence-corrected chi connectivity index (χ0v) is 11.3. The SMILES string of the molecule is CNC(=O)c1ccccc1OCc1ccc(CO)cc1. The number of rotatable bonds is 5. The monoisotopic (exact) mass is 271 g/mol. The van der Waals surface area contributed by atoms with E-state index >= 15 is 0 Å². The number of carbonyl (C=O) groups excluding carboxylic acids is 1. The first-order chi connectivity index (χ1) is 9.74. The van der Waals surface area contributed by atoms with Gasteiger partial charge in [-0.3, -0.25) is 4.79 Å². The van der Waals surface area contributed by atoms with Crippen LogP contribution >= 0.6 is 0 Å². The molecule has 0 aliphatic heterocycles. The maximum atomic E-state index is 11.7. The van der Waals surface area contributed by atoms with E-state index in [0.717, 1.165) is 11.1 Å². The smallest absolute Gasteiger partial charge is 0.254 e. The van der Waals surface area contributed by atoms with E-state index in [1.165, 1.54) is 0 Å². The third-order valence-corrected chi connectivity index (χ3v) is 2.96. The Balaban J connectivity index is 2.08. The van der Waals surface area contributed by atoms with Gasteiger partial charge in [-0.1, -0.05) is 36.4 Å². The highest BCUT2D eigenvalue weighted by Gasteiger charge is 2.10. The number of ether oxygens (including phenoxy) is 1. The summed E-state index contributed by atoms with van der Waals surface area (Å²) in [5.41, 5.74) is 2.36. The van der Waals surface area contributed by atoms with Crippen molar-refractivity contribution >= 4 is 5.91 Å². The van der Waals surface area contributed by atoms with Gasteiger partial charge in [-0.25, -0.2) is 0 Å². The Kier molecular flexibility index (Phi) is 4.74. The second kappa shape index (κ2) is 6.73. The van der Waals surface area contributed by atoms with Crippen molar-refractivity contribution in [3.05, 3.63) is 65.2 Å². The molecule has 0 aliphatic rings. The second-order valence-electron chi connectivity index (χ2n) is 4.34. The maximum absolute atomic E-state index is 11.7. The molecule has 4 heteroatoms. The van der Waals surface area contributed by atoms with Crippen LogP contribution in [0.5, 0.6) is 5.75 Å². The molecule has 2 aromatic carbocycles. The molecule has 0 unspecified atom stereocenters. The highest BCUT2D eigenvalue weighted by atomic mass is 16.5. The fourth-order valence-electron chi connectivity index (χ4n) is 1.82. The molecule has 4 nitrogen and oxygen atoms in total. The van der Waals surface area contributed by atoms with Crippen molar-refractivity contribution in [1.29, 1.82) is 0 Å². The third-order valence-electron chi connectivity index (χ3n) is 2.96. The minimum absolute atomic E-state index is 0.0284. The van der Waals surface area contributed by atoms with E-state index in [-0.39, 0.29) is 12.5 Å². The molecule has 20 heavy (non-hydrogen) atoms. The molecule has 0 aromatic heterocycles. The Hall–Kier alpha value is -2.33. The van der Waals surface area contributed by atoms with E-state index in [0.29, 0.717) is 17.9 Å². The first kappa shape index (κ1) is 14.1. The molecule has 0 fully saturated rings. The summed E-state index contributed by atoms with van der Waals surface area (Å²) in [6.45, 7) is 0.403. The molecule has 1 amide bonds. The summed E-state index contributed by atoms with van der Waals surface area (Å²) in [6, 6.07) is 14.6. The average molecular weight is 271 g/mol. The summed E-state index contributed by atoms with van der Waals surface area (Å²) in [5, 5.41) is 11.6. The van der Waals surface area contributed by atoms with Crippen molar-refractivity contribution in [3.63, 3.8) is 0 Å². The van der Waals surface area contributed by atoms with Gasteiger partial charge in [0.2, 0.25) is 0 Å². The van der Waals surface area contributed by atoms with Crippen molar-refractivity contribution in [2.75, 3.05) is 7.05 Å². The number of aliphatic hydroxyl groups excluding tert-OH is 1. The lowest BCUT2D eigenvalue weighted by atomic mass is 10.1. The van der Waals surface area contributed by atoms with Gasteiger partial charge in [0.25, 0.3) is 5.91 Å². The molecule has 2 aromatic rings. The van der Waals surface area contributed by atoms with E-state index in [1.807, 2.05) is 30.3 Å². The fourth-order valence-corrected chi connectivity index (χ4v) is 1.82. The Labute approximate surface area is 118 Å². The zero-order chi connectivity index (χ0) is 14.4. The summed E-state index contributed by atoms with van der Waals surface area (Å²) in [6.07, 6.45) is 0. The van der Waals surface area contributed by atoms with Gasteiger partial charge in [-0.05, 0) is 23.3 Å². The lowest BCUT2D eigenvalue weighted by molar-refractivity contribution is 0.0958. The van der Waals surface area contributed by atoms with Gasteiger partial charge in [-0.15, -0.1) is 0 Å². The van der Waals surface area contributed by atoms with Crippen LogP contribution < -0.4 is 10.1 Å². The maximum Gasteiger partial charge on any atom is 0.254 e. The number of hydrogen-bond acceptors (Lipinski definition) is 3. The van der Waals surface area contributed by atoms with E-state index in [1.54, 1.807) is 25.2 Å². The molecule has 104 valence electrons. The predicted molar refractivity (Wildman–Crippen MR) is 76.5 cm³/mol. The molecule has 0 aliphatic carbocycles. The number of aliphatic hydroxyl groups is 1. The van der Waals surface area contributed by atoms with E-state index in [2.05, 4.69) is 5.32 Å². The highest BCUT2D eigenvalue weighted by Crippen LogP contribution is 2.19. The van der Waals surface area contributed by atoms with Gasteiger partial charge < -0.3 is 15.2 Å². The Morgan fingerprint density at radius 3 is 2.40 bits per heavy atom. The summed E-state index contributed by atoms with van der Waals surface area (Å²) in [4.78, 5) is 11.7. The Morgan fingerprint density at radius 1 is 1.10 bits per heavy atom. The lowest BCUT2D eigenvalue weighted by Gasteiger charge is -2.10. The van der Waals surface area contributed by atoms with Gasteiger partial charge >= 0.3 is 0 Å². The number of para-hydroxylation sites is 1. The van der Waals surface area contributed by atoms with Crippen LogP contribution in [0.2, 0.25) is 0 Å². The minimum atomic E-state index is -0.170. The molecule has 2 N–H and O–H groups in total. The van der Waals surface area contributed by atoms with Crippen LogP contribution in [-0.2, 0) is 13.2 Å². The quantitative estimate of drug-likeness (QED) is 0.875. The number of nitrogens with one attached hydrogen (secondary N) is 1. The number of amides is 1. The van der Waals surface area contributed by atoms with Crippen molar-refractivity contribution in [1.82, 2.24) is 5.32 Å². The van der Waals surface area contributed by atoms with Crippen LogP contribution in [0.4, 0.5) is 0 Å². The van der Waals surface area contributed by atoms with Crippen LogP contribution in [0.15, 0.2) is 48.5 Å².